The van der Waals surface area contributed by atoms with E-state index in [1.54, 1.807) is 12.1 Å². The summed E-state index contributed by atoms with van der Waals surface area (Å²) in [5.74, 6) is -0.0726. The Hall–Kier alpha value is -2.08. The molecule has 0 atom stereocenters. The van der Waals surface area contributed by atoms with E-state index in [0.717, 1.165) is 12.6 Å². The van der Waals surface area contributed by atoms with E-state index in [4.69, 9.17) is 4.74 Å². The van der Waals surface area contributed by atoms with Gasteiger partial charge in [0.05, 0.1) is 5.56 Å². The number of para-hydroxylation sites is 1. The standard InChI is InChI=1S/C15H15F3N2O/c1-2-19-10-11-6-5-9-20-14(11)21-13-8-4-3-7-12(13)15(16,17)18/h3-9,19H,2,10H2,1H3. The van der Waals surface area contributed by atoms with Crippen molar-refractivity contribution in [3.05, 3.63) is 53.7 Å². The molecule has 0 radical (unpaired) electrons. The number of benzene rings is 1. The fourth-order valence-electron chi connectivity index (χ4n) is 1.80. The van der Waals surface area contributed by atoms with Crippen molar-refractivity contribution >= 4 is 0 Å². The lowest BCUT2D eigenvalue weighted by Crippen LogP contribution is -2.13. The van der Waals surface area contributed by atoms with E-state index >= 15 is 0 Å². The monoisotopic (exact) mass is 296 g/mol. The van der Waals surface area contributed by atoms with Crippen molar-refractivity contribution in [1.29, 1.82) is 0 Å². The van der Waals surface area contributed by atoms with Crippen molar-refractivity contribution < 1.29 is 17.9 Å². The number of hydrogen-bond acceptors (Lipinski definition) is 3. The summed E-state index contributed by atoms with van der Waals surface area (Å²) in [6.07, 6.45) is -2.98. The molecule has 0 aliphatic heterocycles. The summed E-state index contributed by atoms with van der Waals surface area (Å²) in [6.45, 7) is 3.16. The first-order valence-electron chi connectivity index (χ1n) is 6.51. The second-order valence-electron chi connectivity index (χ2n) is 4.34. The van der Waals surface area contributed by atoms with Crippen molar-refractivity contribution in [2.24, 2.45) is 0 Å². The van der Waals surface area contributed by atoms with Gasteiger partial charge in [0, 0.05) is 18.3 Å². The predicted molar refractivity (Wildman–Crippen MR) is 73.1 cm³/mol. The number of hydrogen-bond donors (Lipinski definition) is 1. The van der Waals surface area contributed by atoms with E-state index in [0.29, 0.717) is 12.1 Å². The molecule has 112 valence electrons. The van der Waals surface area contributed by atoms with E-state index in [1.807, 2.05) is 6.92 Å². The SMILES string of the molecule is CCNCc1cccnc1Oc1ccccc1C(F)(F)F. The number of pyridine rings is 1. The molecule has 6 heteroatoms. The van der Waals surface area contributed by atoms with Gasteiger partial charge < -0.3 is 10.1 Å². The molecule has 1 aromatic carbocycles. The van der Waals surface area contributed by atoms with Gasteiger partial charge in [-0.15, -0.1) is 0 Å². The van der Waals surface area contributed by atoms with Crippen LogP contribution in [0.3, 0.4) is 0 Å². The number of halogens is 3. The van der Waals surface area contributed by atoms with Crippen molar-refractivity contribution in [3.8, 4) is 11.6 Å². The number of ether oxygens (including phenoxy) is 1. The third kappa shape index (κ3) is 3.95. The summed E-state index contributed by atoms with van der Waals surface area (Å²) in [4.78, 5) is 4.02. The molecule has 0 amide bonds. The molecule has 0 unspecified atom stereocenters. The Bertz CT molecular complexity index is 599. The third-order valence-electron chi connectivity index (χ3n) is 2.81. The molecule has 0 saturated heterocycles. The van der Waals surface area contributed by atoms with Crippen LogP contribution in [-0.4, -0.2) is 11.5 Å². The number of aromatic nitrogens is 1. The first-order chi connectivity index (χ1) is 10.0. The van der Waals surface area contributed by atoms with Gasteiger partial charge >= 0.3 is 6.18 Å². The van der Waals surface area contributed by atoms with Crippen molar-refractivity contribution in [2.45, 2.75) is 19.6 Å². The summed E-state index contributed by atoms with van der Waals surface area (Å²) < 4.78 is 44.2. The second-order valence-corrected chi connectivity index (χ2v) is 4.34. The van der Waals surface area contributed by atoms with E-state index in [2.05, 4.69) is 10.3 Å². The van der Waals surface area contributed by atoms with Gasteiger partial charge in [0.25, 0.3) is 0 Å². The average Bonchev–Trinajstić information content (AvgIpc) is 2.46. The molecule has 0 aliphatic carbocycles. The van der Waals surface area contributed by atoms with Gasteiger partial charge in [-0.2, -0.15) is 13.2 Å². The summed E-state index contributed by atoms with van der Waals surface area (Å²) >= 11 is 0. The maximum absolute atomic E-state index is 12.9. The minimum atomic E-state index is -4.47. The lowest BCUT2D eigenvalue weighted by Gasteiger charge is -2.14. The maximum Gasteiger partial charge on any atom is 0.419 e. The fourth-order valence-corrected chi connectivity index (χ4v) is 1.80. The van der Waals surface area contributed by atoms with Crippen LogP contribution in [0.1, 0.15) is 18.1 Å². The van der Waals surface area contributed by atoms with Crippen LogP contribution in [-0.2, 0) is 12.7 Å². The lowest BCUT2D eigenvalue weighted by molar-refractivity contribution is -0.138. The number of nitrogens with one attached hydrogen (secondary N) is 1. The first-order valence-corrected chi connectivity index (χ1v) is 6.51. The van der Waals surface area contributed by atoms with Crippen LogP contribution in [0.2, 0.25) is 0 Å². The normalized spacial score (nSPS) is 11.4. The van der Waals surface area contributed by atoms with E-state index in [1.165, 1.54) is 24.4 Å². The molecule has 0 fully saturated rings. The molecule has 0 spiro atoms. The van der Waals surface area contributed by atoms with Gasteiger partial charge in [-0.1, -0.05) is 25.1 Å². The zero-order chi connectivity index (χ0) is 15.3. The largest absolute Gasteiger partial charge is 0.438 e. The highest BCUT2D eigenvalue weighted by molar-refractivity contribution is 5.39. The summed E-state index contributed by atoms with van der Waals surface area (Å²) in [5.41, 5.74) is -0.110. The van der Waals surface area contributed by atoms with Gasteiger partial charge in [0.2, 0.25) is 5.88 Å². The Morgan fingerprint density at radius 3 is 2.62 bits per heavy atom. The van der Waals surface area contributed by atoms with Crippen LogP contribution in [0, 0.1) is 0 Å². The Morgan fingerprint density at radius 1 is 1.14 bits per heavy atom. The molecule has 1 heterocycles. The molecule has 0 aliphatic rings. The highest BCUT2D eigenvalue weighted by Gasteiger charge is 2.34. The highest BCUT2D eigenvalue weighted by atomic mass is 19.4. The average molecular weight is 296 g/mol. The number of alkyl halides is 3. The van der Waals surface area contributed by atoms with E-state index in [-0.39, 0.29) is 11.6 Å². The van der Waals surface area contributed by atoms with Crippen LogP contribution in [0.5, 0.6) is 11.6 Å². The van der Waals surface area contributed by atoms with E-state index in [9.17, 15) is 13.2 Å². The highest BCUT2D eigenvalue weighted by Crippen LogP contribution is 2.37. The van der Waals surface area contributed by atoms with Crippen LogP contribution in [0.4, 0.5) is 13.2 Å². The second kappa shape index (κ2) is 6.58. The molecule has 1 N–H and O–H groups in total. The molecule has 2 aromatic rings. The Morgan fingerprint density at radius 2 is 1.90 bits per heavy atom. The Balaban J connectivity index is 2.31. The molecular formula is C15H15F3N2O. The summed E-state index contributed by atoms with van der Waals surface area (Å²) in [6, 6.07) is 8.58. The van der Waals surface area contributed by atoms with Crippen molar-refractivity contribution in [2.75, 3.05) is 6.54 Å². The molecular weight excluding hydrogens is 281 g/mol. The van der Waals surface area contributed by atoms with Gasteiger partial charge in [-0.05, 0) is 24.7 Å². The quantitative estimate of drug-likeness (QED) is 0.905. The predicted octanol–water partition coefficient (Wildman–Crippen LogP) is 4.00. The van der Waals surface area contributed by atoms with Gasteiger partial charge in [0.15, 0.2) is 0 Å². The van der Waals surface area contributed by atoms with E-state index < -0.39 is 11.7 Å². The van der Waals surface area contributed by atoms with Crippen molar-refractivity contribution in [3.63, 3.8) is 0 Å². The van der Waals surface area contributed by atoms with Crippen LogP contribution < -0.4 is 10.1 Å². The maximum atomic E-state index is 12.9. The Kier molecular flexibility index (Phi) is 4.80. The molecule has 2 rings (SSSR count). The van der Waals surface area contributed by atoms with Crippen molar-refractivity contribution in [1.82, 2.24) is 10.3 Å². The lowest BCUT2D eigenvalue weighted by atomic mass is 10.2. The van der Waals surface area contributed by atoms with Crippen LogP contribution >= 0.6 is 0 Å². The van der Waals surface area contributed by atoms with Gasteiger partial charge in [0.1, 0.15) is 5.75 Å². The minimum Gasteiger partial charge on any atom is -0.438 e. The minimum absolute atomic E-state index is 0.176. The topological polar surface area (TPSA) is 34.2 Å². The van der Waals surface area contributed by atoms with Crippen LogP contribution in [0.15, 0.2) is 42.6 Å². The van der Waals surface area contributed by atoms with Gasteiger partial charge in [-0.25, -0.2) is 4.98 Å². The molecule has 3 nitrogen and oxygen atoms in total. The summed E-state index contributed by atoms with van der Waals surface area (Å²) in [7, 11) is 0. The fraction of sp³-hybridized carbons (Fsp3) is 0.267. The zero-order valence-corrected chi connectivity index (χ0v) is 11.4. The Labute approximate surface area is 120 Å². The summed E-state index contributed by atoms with van der Waals surface area (Å²) in [5, 5.41) is 3.09. The number of nitrogens with zero attached hydrogens (tertiary/aromatic N) is 1. The third-order valence-corrected chi connectivity index (χ3v) is 2.81. The van der Waals surface area contributed by atoms with Crippen LogP contribution in [0.25, 0.3) is 0 Å². The smallest absolute Gasteiger partial charge is 0.419 e. The zero-order valence-electron chi connectivity index (χ0n) is 11.4. The molecule has 21 heavy (non-hydrogen) atoms. The molecule has 0 bridgehead atoms. The van der Waals surface area contributed by atoms with Gasteiger partial charge in [-0.3, -0.25) is 0 Å². The molecule has 1 aromatic heterocycles. The first kappa shape index (κ1) is 15.3. The molecule has 0 saturated carbocycles. The number of rotatable bonds is 5.